The molecule has 3 rings (SSSR count). The maximum Gasteiger partial charge on any atom is 0.315 e. The van der Waals surface area contributed by atoms with Crippen molar-refractivity contribution in [2.24, 2.45) is 0 Å². The van der Waals surface area contributed by atoms with Crippen molar-refractivity contribution < 1.29 is 9.59 Å². The van der Waals surface area contributed by atoms with Crippen molar-refractivity contribution in [3.8, 4) is 0 Å². The molecule has 1 aromatic carbocycles. The molecule has 1 saturated carbocycles. The van der Waals surface area contributed by atoms with Gasteiger partial charge in [0.25, 0.3) is 0 Å². The Morgan fingerprint density at radius 2 is 1.96 bits per heavy atom. The minimum absolute atomic E-state index is 0.102. The Morgan fingerprint density at radius 3 is 2.73 bits per heavy atom. The van der Waals surface area contributed by atoms with E-state index in [1.165, 1.54) is 0 Å². The van der Waals surface area contributed by atoms with Gasteiger partial charge < -0.3 is 16.0 Å². The topological polar surface area (TPSA) is 88.0 Å². The number of urea groups is 1. The van der Waals surface area contributed by atoms with Crippen LogP contribution in [0.15, 0.2) is 30.5 Å². The Kier molecular flexibility index (Phi) is 5.75. The highest BCUT2D eigenvalue weighted by molar-refractivity contribution is 5.91. The van der Waals surface area contributed by atoms with Crippen molar-refractivity contribution in [3.05, 3.63) is 30.5 Å². The van der Waals surface area contributed by atoms with E-state index in [0.717, 1.165) is 43.1 Å². The molecule has 0 atom stereocenters. The molecule has 0 radical (unpaired) electrons. The molecule has 1 aliphatic carbocycles. The number of aryl methyl sites for hydroxylation is 1. The zero-order chi connectivity index (χ0) is 18.4. The predicted octanol–water partition coefficient (Wildman–Crippen LogP) is 2.17. The summed E-state index contributed by atoms with van der Waals surface area (Å²) in [6.45, 7) is 1.26. The molecule has 0 aliphatic heterocycles. The summed E-state index contributed by atoms with van der Waals surface area (Å²) >= 11 is 0. The summed E-state index contributed by atoms with van der Waals surface area (Å²) in [5.41, 5.74) is 0.327. The Labute approximate surface area is 153 Å². The van der Waals surface area contributed by atoms with Gasteiger partial charge in [-0.15, -0.1) is 0 Å². The minimum Gasteiger partial charge on any atom is -0.357 e. The number of rotatable bonds is 6. The van der Waals surface area contributed by atoms with Crippen molar-refractivity contribution in [3.63, 3.8) is 0 Å². The molecule has 0 spiro atoms. The standard InChI is InChI=1S/C19H27N5O2/c1-20-17(25)19(10-5-2-6-11-19)23-18(26)21-12-7-13-24-16-9-4-3-8-15(16)14-22-24/h3-4,8-9,14H,2,5-7,10-13H2,1H3,(H,20,25)(H2,21,23,26). The van der Waals surface area contributed by atoms with Crippen molar-refractivity contribution in [1.82, 2.24) is 25.7 Å². The van der Waals surface area contributed by atoms with E-state index in [2.05, 4.69) is 21.0 Å². The molecule has 7 heteroatoms. The Balaban J connectivity index is 1.48. The van der Waals surface area contributed by atoms with Gasteiger partial charge in [0.1, 0.15) is 5.54 Å². The lowest BCUT2D eigenvalue weighted by Gasteiger charge is -2.36. The van der Waals surface area contributed by atoms with E-state index in [1.807, 2.05) is 35.1 Å². The second kappa shape index (κ2) is 8.21. The van der Waals surface area contributed by atoms with Crippen LogP contribution in [0.3, 0.4) is 0 Å². The number of likely N-dealkylation sites (N-methyl/N-ethyl adjacent to an activating group) is 1. The normalized spacial score (nSPS) is 16.2. The van der Waals surface area contributed by atoms with Crippen LogP contribution in [-0.4, -0.2) is 40.9 Å². The molecule has 1 heterocycles. The zero-order valence-electron chi connectivity index (χ0n) is 15.3. The van der Waals surface area contributed by atoms with E-state index in [-0.39, 0.29) is 11.9 Å². The lowest BCUT2D eigenvalue weighted by Crippen LogP contribution is -2.61. The van der Waals surface area contributed by atoms with Gasteiger partial charge in [-0.25, -0.2) is 4.79 Å². The second-order valence-electron chi connectivity index (χ2n) is 6.88. The van der Waals surface area contributed by atoms with Gasteiger partial charge in [0, 0.05) is 25.5 Å². The van der Waals surface area contributed by atoms with Gasteiger partial charge in [-0.2, -0.15) is 5.10 Å². The quantitative estimate of drug-likeness (QED) is 0.693. The molecule has 0 unspecified atom stereocenters. The third-order valence-electron chi connectivity index (χ3n) is 5.10. The molecule has 2 aromatic rings. The third kappa shape index (κ3) is 3.98. The number of fused-ring (bicyclic) bond motifs is 1. The monoisotopic (exact) mass is 357 g/mol. The van der Waals surface area contributed by atoms with Crippen LogP contribution in [-0.2, 0) is 11.3 Å². The van der Waals surface area contributed by atoms with Crippen LogP contribution in [0, 0.1) is 0 Å². The van der Waals surface area contributed by atoms with E-state index < -0.39 is 5.54 Å². The number of hydrogen-bond donors (Lipinski definition) is 3. The third-order valence-corrected chi connectivity index (χ3v) is 5.10. The smallest absolute Gasteiger partial charge is 0.315 e. The maximum absolute atomic E-state index is 12.3. The number of aromatic nitrogens is 2. The lowest BCUT2D eigenvalue weighted by atomic mass is 9.81. The second-order valence-corrected chi connectivity index (χ2v) is 6.88. The van der Waals surface area contributed by atoms with Gasteiger partial charge in [0.15, 0.2) is 0 Å². The number of amides is 3. The van der Waals surface area contributed by atoms with Crippen LogP contribution >= 0.6 is 0 Å². The largest absolute Gasteiger partial charge is 0.357 e. The first-order valence-corrected chi connectivity index (χ1v) is 9.33. The van der Waals surface area contributed by atoms with E-state index in [4.69, 9.17) is 0 Å². The molecule has 26 heavy (non-hydrogen) atoms. The average molecular weight is 357 g/mol. The Morgan fingerprint density at radius 1 is 1.19 bits per heavy atom. The summed E-state index contributed by atoms with van der Waals surface area (Å²) in [4.78, 5) is 24.6. The molecule has 3 N–H and O–H groups in total. The average Bonchev–Trinajstić information content (AvgIpc) is 3.08. The molecular weight excluding hydrogens is 330 g/mol. The fraction of sp³-hybridized carbons (Fsp3) is 0.526. The van der Waals surface area contributed by atoms with Crippen LogP contribution in [0.4, 0.5) is 4.79 Å². The number of nitrogens with one attached hydrogen (secondary N) is 3. The zero-order valence-corrected chi connectivity index (χ0v) is 15.3. The van der Waals surface area contributed by atoms with Crippen LogP contribution in [0.5, 0.6) is 0 Å². The molecule has 0 bridgehead atoms. The summed E-state index contributed by atoms with van der Waals surface area (Å²) in [6, 6.07) is 7.79. The number of hydrogen-bond acceptors (Lipinski definition) is 3. The van der Waals surface area contributed by atoms with Crippen LogP contribution < -0.4 is 16.0 Å². The van der Waals surface area contributed by atoms with E-state index >= 15 is 0 Å². The summed E-state index contributed by atoms with van der Waals surface area (Å²) in [6.07, 6.45) is 7.04. The molecule has 1 aliphatic rings. The lowest BCUT2D eigenvalue weighted by molar-refractivity contribution is -0.128. The summed E-state index contributed by atoms with van der Waals surface area (Å²) in [5, 5.41) is 14.0. The van der Waals surface area contributed by atoms with Crippen molar-refractivity contribution in [2.75, 3.05) is 13.6 Å². The fourth-order valence-corrected chi connectivity index (χ4v) is 3.70. The SMILES string of the molecule is CNC(=O)C1(NC(=O)NCCCn2ncc3ccccc32)CCCCC1. The summed E-state index contributed by atoms with van der Waals surface area (Å²) < 4.78 is 1.95. The summed E-state index contributed by atoms with van der Waals surface area (Å²) in [7, 11) is 1.62. The molecule has 140 valence electrons. The van der Waals surface area contributed by atoms with Gasteiger partial charge in [0.05, 0.1) is 11.7 Å². The van der Waals surface area contributed by atoms with Gasteiger partial charge >= 0.3 is 6.03 Å². The number of para-hydroxylation sites is 1. The molecule has 0 saturated heterocycles. The highest BCUT2D eigenvalue weighted by Gasteiger charge is 2.40. The van der Waals surface area contributed by atoms with Crippen LogP contribution in [0.2, 0.25) is 0 Å². The fourth-order valence-electron chi connectivity index (χ4n) is 3.70. The van der Waals surface area contributed by atoms with Gasteiger partial charge in [0.2, 0.25) is 5.91 Å². The first kappa shape index (κ1) is 18.2. The van der Waals surface area contributed by atoms with Crippen molar-refractivity contribution in [1.29, 1.82) is 0 Å². The molecule has 1 aromatic heterocycles. The van der Waals surface area contributed by atoms with Crippen molar-refractivity contribution >= 4 is 22.8 Å². The van der Waals surface area contributed by atoms with Gasteiger partial charge in [-0.1, -0.05) is 37.5 Å². The van der Waals surface area contributed by atoms with Crippen LogP contribution in [0.1, 0.15) is 38.5 Å². The van der Waals surface area contributed by atoms with Gasteiger partial charge in [-0.05, 0) is 25.3 Å². The molecule has 3 amide bonds. The number of carbonyl (C=O) groups is 2. The molecule has 1 fully saturated rings. The predicted molar refractivity (Wildman–Crippen MR) is 101 cm³/mol. The number of carbonyl (C=O) groups excluding carboxylic acids is 2. The van der Waals surface area contributed by atoms with Gasteiger partial charge in [-0.3, -0.25) is 9.48 Å². The highest BCUT2D eigenvalue weighted by Crippen LogP contribution is 2.28. The van der Waals surface area contributed by atoms with E-state index in [9.17, 15) is 9.59 Å². The van der Waals surface area contributed by atoms with Crippen molar-refractivity contribution in [2.45, 2.75) is 50.6 Å². The summed E-state index contributed by atoms with van der Waals surface area (Å²) in [5.74, 6) is -0.102. The van der Waals surface area contributed by atoms with E-state index in [1.54, 1.807) is 7.05 Å². The molecular formula is C19H27N5O2. The Hall–Kier alpha value is -2.57. The Bertz CT molecular complexity index is 764. The highest BCUT2D eigenvalue weighted by atomic mass is 16.2. The maximum atomic E-state index is 12.3. The number of nitrogens with zero attached hydrogens (tertiary/aromatic N) is 2. The first-order valence-electron chi connectivity index (χ1n) is 9.33. The molecule has 7 nitrogen and oxygen atoms in total. The van der Waals surface area contributed by atoms with Crippen LogP contribution in [0.25, 0.3) is 10.9 Å². The number of benzene rings is 1. The first-order chi connectivity index (χ1) is 12.6. The van der Waals surface area contributed by atoms with E-state index in [0.29, 0.717) is 19.4 Å². The minimum atomic E-state index is -0.769.